The molecule has 0 radical (unpaired) electrons. The zero-order chi connectivity index (χ0) is 15.9. The first kappa shape index (κ1) is 16.5. The van der Waals surface area contributed by atoms with Crippen molar-refractivity contribution in [2.24, 2.45) is 7.05 Å². The molecule has 0 saturated heterocycles. The van der Waals surface area contributed by atoms with E-state index in [0.29, 0.717) is 12.3 Å². The van der Waals surface area contributed by atoms with Gasteiger partial charge in [0.15, 0.2) is 0 Å². The van der Waals surface area contributed by atoms with Crippen LogP contribution in [0, 0.1) is 6.92 Å². The fraction of sp³-hybridized carbons (Fsp3) is 0.500. The van der Waals surface area contributed by atoms with Crippen LogP contribution < -0.4 is 10.1 Å². The van der Waals surface area contributed by atoms with Crippen molar-refractivity contribution < 1.29 is 9.84 Å². The van der Waals surface area contributed by atoms with Gasteiger partial charge in [0.2, 0.25) is 5.88 Å². The average molecular weight is 304 g/mol. The molecule has 2 heterocycles. The first-order chi connectivity index (χ1) is 10.7. The third kappa shape index (κ3) is 4.05. The molecule has 0 bridgehead atoms. The molecule has 1 unspecified atom stereocenters. The van der Waals surface area contributed by atoms with Crippen molar-refractivity contribution >= 4 is 0 Å². The van der Waals surface area contributed by atoms with E-state index in [2.05, 4.69) is 22.3 Å². The molecule has 2 aromatic heterocycles. The quantitative estimate of drug-likeness (QED) is 0.782. The minimum Gasteiger partial charge on any atom is -0.437 e. The van der Waals surface area contributed by atoms with Crippen LogP contribution >= 0.6 is 0 Å². The van der Waals surface area contributed by atoms with Gasteiger partial charge in [-0.3, -0.25) is 4.98 Å². The summed E-state index contributed by atoms with van der Waals surface area (Å²) in [6.45, 7) is 4.93. The van der Waals surface area contributed by atoms with E-state index >= 15 is 0 Å². The van der Waals surface area contributed by atoms with Crippen LogP contribution in [0.4, 0.5) is 0 Å². The van der Waals surface area contributed by atoms with Crippen LogP contribution in [0.3, 0.4) is 0 Å². The summed E-state index contributed by atoms with van der Waals surface area (Å²) in [5.74, 6) is 1.41. The topological polar surface area (TPSA) is 72.2 Å². The molecule has 22 heavy (non-hydrogen) atoms. The summed E-state index contributed by atoms with van der Waals surface area (Å²) in [5, 5.41) is 17.0. The Morgan fingerprint density at radius 1 is 1.45 bits per heavy atom. The molecule has 0 aliphatic heterocycles. The maximum atomic E-state index is 9.09. The van der Waals surface area contributed by atoms with E-state index < -0.39 is 0 Å². The van der Waals surface area contributed by atoms with Gasteiger partial charge in [-0.1, -0.05) is 6.92 Å². The van der Waals surface area contributed by atoms with Crippen molar-refractivity contribution in [1.29, 1.82) is 0 Å². The molecule has 2 rings (SSSR count). The first-order valence-electron chi connectivity index (χ1n) is 7.60. The number of aliphatic hydroxyl groups is 1. The highest BCUT2D eigenvalue weighted by Crippen LogP contribution is 2.26. The number of aliphatic hydroxyl groups excluding tert-OH is 1. The minimum atomic E-state index is 0.191. The van der Waals surface area contributed by atoms with Crippen molar-refractivity contribution in [2.45, 2.75) is 39.3 Å². The Morgan fingerprint density at radius 3 is 2.91 bits per heavy atom. The molecule has 0 amide bonds. The molecule has 0 aliphatic carbocycles. The number of ether oxygens (including phenoxy) is 1. The van der Waals surface area contributed by atoms with Crippen molar-refractivity contribution in [1.82, 2.24) is 20.1 Å². The molecule has 0 aromatic carbocycles. The largest absolute Gasteiger partial charge is 0.437 e. The fourth-order valence-corrected chi connectivity index (χ4v) is 2.38. The standard InChI is InChI=1S/C16H24N4O2/c1-4-13(7-9-21)18-11-15-12(2)19-20(3)16(15)22-14-6-5-8-17-10-14/h5-6,8,10,13,18,21H,4,7,9,11H2,1-3H3. The number of hydrogen-bond donors (Lipinski definition) is 2. The van der Waals surface area contributed by atoms with Gasteiger partial charge in [0.25, 0.3) is 0 Å². The SMILES string of the molecule is CCC(CCO)NCc1c(C)nn(C)c1Oc1cccnc1. The number of aryl methyl sites for hydroxylation is 2. The maximum absolute atomic E-state index is 9.09. The summed E-state index contributed by atoms with van der Waals surface area (Å²) in [6.07, 6.45) is 5.11. The normalized spacial score (nSPS) is 12.4. The minimum absolute atomic E-state index is 0.191. The molecular formula is C16H24N4O2. The lowest BCUT2D eigenvalue weighted by Crippen LogP contribution is -2.29. The van der Waals surface area contributed by atoms with Gasteiger partial charge in [-0.25, -0.2) is 4.68 Å². The van der Waals surface area contributed by atoms with Gasteiger partial charge in [0.1, 0.15) is 5.75 Å². The Morgan fingerprint density at radius 2 is 2.27 bits per heavy atom. The molecule has 0 spiro atoms. The third-order valence-corrected chi connectivity index (χ3v) is 3.68. The number of rotatable bonds is 8. The van der Waals surface area contributed by atoms with Crippen LogP contribution in [0.15, 0.2) is 24.5 Å². The van der Waals surface area contributed by atoms with Crippen molar-refractivity contribution in [2.75, 3.05) is 6.61 Å². The molecule has 0 fully saturated rings. The molecule has 2 N–H and O–H groups in total. The van der Waals surface area contributed by atoms with Gasteiger partial charge in [0, 0.05) is 32.4 Å². The lowest BCUT2D eigenvalue weighted by Gasteiger charge is -2.16. The van der Waals surface area contributed by atoms with Gasteiger partial charge in [-0.15, -0.1) is 0 Å². The Labute approximate surface area is 131 Å². The lowest BCUT2D eigenvalue weighted by molar-refractivity contribution is 0.261. The van der Waals surface area contributed by atoms with E-state index in [4.69, 9.17) is 9.84 Å². The average Bonchev–Trinajstić information content (AvgIpc) is 2.79. The maximum Gasteiger partial charge on any atom is 0.222 e. The lowest BCUT2D eigenvalue weighted by atomic mass is 10.1. The van der Waals surface area contributed by atoms with Crippen LogP contribution in [0.1, 0.15) is 31.0 Å². The van der Waals surface area contributed by atoms with Gasteiger partial charge < -0.3 is 15.2 Å². The summed E-state index contributed by atoms with van der Waals surface area (Å²) in [5.41, 5.74) is 1.97. The van der Waals surface area contributed by atoms with E-state index in [-0.39, 0.29) is 12.6 Å². The molecule has 6 nitrogen and oxygen atoms in total. The molecule has 6 heteroatoms. The second-order valence-corrected chi connectivity index (χ2v) is 5.28. The van der Waals surface area contributed by atoms with E-state index in [1.54, 1.807) is 17.1 Å². The van der Waals surface area contributed by atoms with Crippen LogP contribution in [-0.4, -0.2) is 32.5 Å². The Balaban J connectivity index is 2.13. The van der Waals surface area contributed by atoms with Crippen LogP contribution in [0.25, 0.3) is 0 Å². The van der Waals surface area contributed by atoms with Crippen molar-refractivity contribution in [3.63, 3.8) is 0 Å². The second-order valence-electron chi connectivity index (χ2n) is 5.28. The molecule has 120 valence electrons. The van der Waals surface area contributed by atoms with Crippen molar-refractivity contribution in [3.8, 4) is 11.6 Å². The smallest absolute Gasteiger partial charge is 0.222 e. The third-order valence-electron chi connectivity index (χ3n) is 3.68. The Hall–Kier alpha value is -1.92. The zero-order valence-corrected chi connectivity index (χ0v) is 13.4. The summed E-state index contributed by atoms with van der Waals surface area (Å²) in [7, 11) is 1.87. The van der Waals surface area contributed by atoms with Gasteiger partial charge in [-0.05, 0) is 31.9 Å². The highest BCUT2D eigenvalue weighted by molar-refractivity contribution is 5.34. The van der Waals surface area contributed by atoms with Gasteiger partial charge >= 0.3 is 0 Å². The van der Waals surface area contributed by atoms with Crippen LogP contribution in [-0.2, 0) is 13.6 Å². The fourth-order valence-electron chi connectivity index (χ4n) is 2.38. The molecule has 2 aromatic rings. The predicted octanol–water partition coefficient (Wildman–Crippen LogP) is 2.17. The Kier molecular flexibility index (Phi) is 5.91. The summed E-state index contributed by atoms with van der Waals surface area (Å²) >= 11 is 0. The summed E-state index contributed by atoms with van der Waals surface area (Å²) in [6, 6.07) is 3.99. The molecular weight excluding hydrogens is 280 g/mol. The highest BCUT2D eigenvalue weighted by atomic mass is 16.5. The highest BCUT2D eigenvalue weighted by Gasteiger charge is 2.16. The number of aromatic nitrogens is 3. The van der Waals surface area contributed by atoms with Gasteiger partial charge in [0.05, 0.1) is 17.5 Å². The predicted molar refractivity (Wildman–Crippen MR) is 84.9 cm³/mol. The number of pyridine rings is 1. The Bertz CT molecular complexity index is 583. The first-order valence-corrected chi connectivity index (χ1v) is 7.60. The molecule has 0 aliphatic rings. The molecule has 1 atom stereocenters. The molecule has 0 saturated carbocycles. The number of hydrogen-bond acceptors (Lipinski definition) is 5. The van der Waals surface area contributed by atoms with E-state index in [1.165, 1.54) is 0 Å². The summed E-state index contributed by atoms with van der Waals surface area (Å²) < 4.78 is 7.68. The summed E-state index contributed by atoms with van der Waals surface area (Å²) in [4.78, 5) is 4.06. The van der Waals surface area contributed by atoms with Crippen LogP contribution in [0.5, 0.6) is 11.6 Å². The number of nitrogens with one attached hydrogen (secondary N) is 1. The monoisotopic (exact) mass is 304 g/mol. The zero-order valence-electron chi connectivity index (χ0n) is 13.4. The van der Waals surface area contributed by atoms with Crippen molar-refractivity contribution in [3.05, 3.63) is 35.8 Å². The second kappa shape index (κ2) is 7.91. The van der Waals surface area contributed by atoms with E-state index in [0.717, 1.165) is 30.0 Å². The van der Waals surface area contributed by atoms with Gasteiger partial charge in [-0.2, -0.15) is 5.10 Å². The van der Waals surface area contributed by atoms with E-state index in [1.807, 2.05) is 26.1 Å². The number of nitrogens with zero attached hydrogens (tertiary/aromatic N) is 3. The van der Waals surface area contributed by atoms with Crippen LogP contribution in [0.2, 0.25) is 0 Å². The van der Waals surface area contributed by atoms with E-state index in [9.17, 15) is 0 Å².